The molecule has 20 heavy (non-hydrogen) atoms. The molecule has 0 saturated heterocycles. The van der Waals surface area contributed by atoms with E-state index in [1.807, 2.05) is 0 Å². The summed E-state index contributed by atoms with van der Waals surface area (Å²) in [5.74, 6) is -0.791. The molecule has 0 radical (unpaired) electrons. The summed E-state index contributed by atoms with van der Waals surface area (Å²) in [7, 11) is 0. The van der Waals surface area contributed by atoms with Crippen LogP contribution < -0.4 is 5.32 Å². The molecule has 3 rings (SSSR count). The summed E-state index contributed by atoms with van der Waals surface area (Å²) < 4.78 is 26.4. The molecular formula is C16H15F2NO. The fourth-order valence-electron chi connectivity index (χ4n) is 2.35. The van der Waals surface area contributed by atoms with Gasteiger partial charge in [0.15, 0.2) is 11.6 Å². The summed E-state index contributed by atoms with van der Waals surface area (Å²) in [6, 6.07) is 10.6. The minimum absolute atomic E-state index is 0.0412. The van der Waals surface area contributed by atoms with E-state index in [-0.39, 0.29) is 17.6 Å². The third-order valence-electron chi connectivity index (χ3n) is 3.59. The van der Waals surface area contributed by atoms with Gasteiger partial charge >= 0.3 is 0 Å². The Bertz CT molecular complexity index is 608. The first-order valence-corrected chi connectivity index (χ1v) is 6.64. The molecule has 4 heteroatoms. The quantitative estimate of drug-likeness (QED) is 0.818. The molecule has 1 aliphatic rings. The Labute approximate surface area is 116 Å². The minimum Gasteiger partial charge on any atom is -0.505 e. The highest BCUT2D eigenvalue weighted by Gasteiger charge is 2.32. The molecule has 0 aliphatic heterocycles. The molecule has 0 amide bonds. The van der Waals surface area contributed by atoms with Gasteiger partial charge in [-0.05, 0) is 48.6 Å². The van der Waals surface area contributed by atoms with Crippen molar-refractivity contribution >= 4 is 5.69 Å². The van der Waals surface area contributed by atoms with E-state index >= 15 is 0 Å². The molecule has 2 aromatic rings. The van der Waals surface area contributed by atoms with Crippen molar-refractivity contribution < 1.29 is 13.9 Å². The number of benzene rings is 2. The van der Waals surface area contributed by atoms with Gasteiger partial charge in [0.05, 0.1) is 6.04 Å². The highest BCUT2D eigenvalue weighted by molar-refractivity contribution is 5.49. The van der Waals surface area contributed by atoms with Crippen LogP contribution in [-0.4, -0.2) is 5.11 Å². The standard InChI is InChI=1S/C16H15F2NO/c17-12-5-3-11(4-6-12)16(10-1-2-10)19-13-7-8-15(20)14(18)9-13/h3-10,16,19-20H,1-2H2. The molecule has 1 aliphatic carbocycles. The van der Waals surface area contributed by atoms with Crippen molar-refractivity contribution in [3.05, 3.63) is 59.7 Å². The first-order valence-electron chi connectivity index (χ1n) is 6.64. The Morgan fingerprint density at radius 1 is 1.05 bits per heavy atom. The van der Waals surface area contributed by atoms with Crippen LogP contribution >= 0.6 is 0 Å². The van der Waals surface area contributed by atoms with E-state index in [9.17, 15) is 13.9 Å². The first kappa shape index (κ1) is 12.9. The van der Waals surface area contributed by atoms with Crippen molar-refractivity contribution in [2.75, 3.05) is 5.32 Å². The number of rotatable bonds is 4. The van der Waals surface area contributed by atoms with Crippen LogP contribution in [-0.2, 0) is 0 Å². The minimum atomic E-state index is -0.649. The summed E-state index contributed by atoms with van der Waals surface area (Å²) >= 11 is 0. The van der Waals surface area contributed by atoms with E-state index in [4.69, 9.17) is 0 Å². The topological polar surface area (TPSA) is 32.3 Å². The number of aromatic hydroxyl groups is 1. The summed E-state index contributed by atoms with van der Waals surface area (Å²) in [4.78, 5) is 0. The molecule has 104 valence electrons. The van der Waals surface area contributed by atoms with Gasteiger partial charge in [-0.15, -0.1) is 0 Å². The van der Waals surface area contributed by atoms with Crippen molar-refractivity contribution in [3.8, 4) is 5.75 Å². The average Bonchev–Trinajstić information content (AvgIpc) is 3.26. The Morgan fingerprint density at radius 3 is 2.35 bits per heavy atom. The van der Waals surface area contributed by atoms with Crippen LogP contribution in [0.3, 0.4) is 0 Å². The Hall–Kier alpha value is -2.10. The van der Waals surface area contributed by atoms with E-state index in [1.165, 1.54) is 24.3 Å². The number of anilines is 1. The van der Waals surface area contributed by atoms with Gasteiger partial charge in [-0.2, -0.15) is 0 Å². The zero-order chi connectivity index (χ0) is 14.1. The van der Waals surface area contributed by atoms with Crippen LogP contribution in [0.4, 0.5) is 14.5 Å². The molecule has 1 atom stereocenters. The summed E-state index contributed by atoms with van der Waals surface area (Å²) in [6.07, 6.45) is 2.21. The second-order valence-electron chi connectivity index (χ2n) is 5.18. The van der Waals surface area contributed by atoms with Gasteiger partial charge in [0, 0.05) is 11.8 Å². The largest absolute Gasteiger partial charge is 0.505 e. The van der Waals surface area contributed by atoms with Crippen LogP contribution in [0.15, 0.2) is 42.5 Å². The fourth-order valence-corrected chi connectivity index (χ4v) is 2.35. The van der Waals surface area contributed by atoms with Crippen molar-refractivity contribution in [2.45, 2.75) is 18.9 Å². The zero-order valence-electron chi connectivity index (χ0n) is 10.8. The third-order valence-corrected chi connectivity index (χ3v) is 3.59. The van der Waals surface area contributed by atoms with E-state index < -0.39 is 5.82 Å². The average molecular weight is 275 g/mol. The predicted molar refractivity (Wildman–Crippen MR) is 73.6 cm³/mol. The van der Waals surface area contributed by atoms with Crippen LogP contribution in [0.5, 0.6) is 5.75 Å². The fraction of sp³-hybridized carbons (Fsp3) is 0.250. The Balaban J connectivity index is 1.84. The van der Waals surface area contributed by atoms with Crippen molar-refractivity contribution in [1.29, 1.82) is 0 Å². The van der Waals surface area contributed by atoms with Crippen LogP contribution in [0.1, 0.15) is 24.4 Å². The van der Waals surface area contributed by atoms with Crippen molar-refractivity contribution in [2.24, 2.45) is 5.92 Å². The number of halogens is 2. The molecule has 1 fully saturated rings. The van der Waals surface area contributed by atoms with Gasteiger partial charge in [0.25, 0.3) is 0 Å². The van der Waals surface area contributed by atoms with Gasteiger partial charge in [-0.25, -0.2) is 8.78 Å². The monoisotopic (exact) mass is 275 g/mol. The van der Waals surface area contributed by atoms with Crippen LogP contribution in [0.25, 0.3) is 0 Å². The van der Waals surface area contributed by atoms with Gasteiger partial charge < -0.3 is 10.4 Å². The maximum absolute atomic E-state index is 13.4. The second-order valence-corrected chi connectivity index (χ2v) is 5.18. The lowest BCUT2D eigenvalue weighted by Gasteiger charge is -2.20. The van der Waals surface area contributed by atoms with Gasteiger partial charge in [-0.3, -0.25) is 0 Å². The highest BCUT2D eigenvalue weighted by Crippen LogP contribution is 2.43. The predicted octanol–water partition coefficient (Wildman–Crippen LogP) is 4.23. The van der Waals surface area contributed by atoms with E-state index in [0.29, 0.717) is 11.6 Å². The number of hydrogen-bond acceptors (Lipinski definition) is 2. The smallest absolute Gasteiger partial charge is 0.166 e. The normalized spacial score (nSPS) is 15.9. The summed E-state index contributed by atoms with van der Waals surface area (Å²) in [6.45, 7) is 0. The molecule has 1 unspecified atom stereocenters. The maximum atomic E-state index is 13.4. The van der Waals surface area contributed by atoms with Crippen molar-refractivity contribution in [1.82, 2.24) is 0 Å². The number of phenols is 1. The Kier molecular flexibility index (Phi) is 3.30. The molecule has 2 nitrogen and oxygen atoms in total. The molecule has 1 saturated carbocycles. The second kappa shape index (κ2) is 5.12. The first-order chi connectivity index (χ1) is 9.63. The molecule has 0 spiro atoms. The molecule has 2 N–H and O–H groups in total. The lowest BCUT2D eigenvalue weighted by molar-refractivity contribution is 0.432. The maximum Gasteiger partial charge on any atom is 0.166 e. The molecule has 0 heterocycles. The van der Waals surface area contributed by atoms with Gasteiger partial charge in [0.1, 0.15) is 5.82 Å². The van der Waals surface area contributed by atoms with Crippen LogP contribution in [0, 0.1) is 17.6 Å². The third kappa shape index (κ3) is 2.74. The molecule has 0 aromatic heterocycles. The summed E-state index contributed by atoms with van der Waals surface area (Å²) in [5.41, 5.74) is 1.60. The number of hydrogen-bond donors (Lipinski definition) is 2. The molecule has 2 aromatic carbocycles. The molecule has 0 bridgehead atoms. The lowest BCUT2D eigenvalue weighted by Crippen LogP contribution is -2.13. The van der Waals surface area contributed by atoms with Crippen LogP contribution in [0.2, 0.25) is 0 Å². The summed E-state index contributed by atoms with van der Waals surface area (Å²) in [5, 5.41) is 12.5. The highest BCUT2D eigenvalue weighted by atomic mass is 19.1. The van der Waals surface area contributed by atoms with Gasteiger partial charge in [-0.1, -0.05) is 12.1 Å². The van der Waals surface area contributed by atoms with Gasteiger partial charge in [0.2, 0.25) is 0 Å². The number of nitrogens with one attached hydrogen (secondary N) is 1. The molecular weight excluding hydrogens is 260 g/mol. The Morgan fingerprint density at radius 2 is 1.75 bits per heavy atom. The van der Waals surface area contributed by atoms with E-state index in [1.54, 1.807) is 18.2 Å². The lowest BCUT2D eigenvalue weighted by atomic mass is 10.0. The van der Waals surface area contributed by atoms with E-state index in [2.05, 4.69) is 5.32 Å². The van der Waals surface area contributed by atoms with E-state index in [0.717, 1.165) is 18.4 Å². The van der Waals surface area contributed by atoms with Crippen molar-refractivity contribution in [3.63, 3.8) is 0 Å². The number of phenolic OH excluding ortho intramolecular Hbond substituents is 1. The SMILES string of the molecule is Oc1ccc(NC(c2ccc(F)cc2)C2CC2)cc1F. The zero-order valence-corrected chi connectivity index (χ0v) is 10.8.